The zero-order chi connectivity index (χ0) is 14.8. The van der Waals surface area contributed by atoms with Crippen LogP contribution in [0.1, 0.15) is 49.4 Å². The molecule has 1 N–H and O–H groups in total. The number of likely N-dealkylation sites (tertiary alicyclic amines) is 1. The van der Waals surface area contributed by atoms with E-state index in [4.69, 9.17) is 0 Å². The van der Waals surface area contributed by atoms with Gasteiger partial charge >= 0.3 is 0 Å². The van der Waals surface area contributed by atoms with Crippen LogP contribution in [0.3, 0.4) is 0 Å². The Bertz CT molecular complexity index is 441. The van der Waals surface area contributed by atoms with Gasteiger partial charge in [0, 0.05) is 12.6 Å². The highest BCUT2D eigenvalue weighted by Gasteiger charge is 2.26. The Morgan fingerprint density at radius 2 is 1.80 bits per heavy atom. The lowest BCUT2D eigenvalue weighted by molar-refractivity contribution is 0.123. The summed E-state index contributed by atoms with van der Waals surface area (Å²) in [4.78, 5) is 2.61. The van der Waals surface area contributed by atoms with Gasteiger partial charge in [0.2, 0.25) is 0 Å². The van der Waals surface area contributed by atoms with Gasteiger partial charge in [-0.2, -0.15) is 0 Å². The Labute approximate surface area is 124 Å². The smallest absolute Gasteiger partial charge is 0.0446 e. The molecule has 2 rings (SSSR count). The lowest BCUT2D eigenvalue weighted by Crippen LogP contribution is -2.41. The molecular formula is C18H30N2. The van der Waals surface area contributed by atoms with Crippen molar-refractivity contribution in [2.45, 2.75) is 46.6 Å². The first kappa shape index (κ1) is 15.5. The number of nitrogens with one attached hydrogen (secondary N) is 1. The average molecular weight is 274 g/mol. The monoisotopic (exact) mass is 274 g/mol. The van der Waals surface area contributed by atoms with Crippen molar-refractivity contribution in [2.75, 3.05) is 26.7 Å². The molecule has 0 amide bonds. The molecule has 1 saturated heterocycles. The van der Waals surface area contributed by atoms with Crippen molar-refractivity contribution in [1.82, 2.24) is 10.2 Å². The summed E-state index contributed by atoms with van der Waals surface area (Å²) in [5.41, 5.74) is 4.72. The van der Waals surface area contributed by atoms with E-state index >= 15 is 0 Å². The van der Waals surface area contributed by atoms with Crippen LogP contribution in [0.15, 0.2) is 18.2 Å². The molecule has 0 aromatic heterocycles. The summed E-state index contributed by atoms with van der Waals surface area (Å²) in [5.74, 6) is 0. The summed E-state index contributed by atoms with van der Waals surface area (Å²) in [6.45, 7) is 12.8. The zero-order valence-electron chi connectivity index (χ0n) is 13.8. The molecule has 1 aliphatic rings. The normalized spacial score (nSPS) is 20.9. The third-order valence-corrected chi connectivity index (χ3v) is 4.93. The van der Waals surface area contributed by atoms with Crippen LogP contribution in [0.2, 0.25) is 0 Å². The van der Waals surface area contributed by atoms with Crippen LogP contribution < -0.4 is 5.32 Å². The maximum atomic E-state index is 3.49. The van der Waals surface area contributed by atoms with Gasteiger partial charge in [0.05, 0.1) is 0 Å². The summed E-state index contributed by atoms with van der Waals surface area (Å²) in [5, 5.41) is 3.49. The maximum Gasteiger partial charge on any atom is 0.0446 e. The van der Waals surface area contributed by atoms with Gasteiger partial charge in [-0.25, -0.2) is 0 Å². The molecule has 2 heteroatoms. The predicted octanol–water partition coefficient (Wildman–Crippen LogP) is 3.69. The van der Waals surface area contributed by atoms with E-state index < -0.39 is 0 Å². The summed E-state index contributed by atoms with van der Waals surface area (Å²) in [7, 11) is 2.08. The third kappa shape index (κ3) is 3.83. The van der Waals surface area contributed by atoms with Crippen LogP contribution >= 0.6 is 0 Å². The molecule has 1 aromatic carbocycles. The number of likely N-dealkylation sites (N-methyl/N-ethyl adjacent to an activating group) is 1. The van der Waals surface area contributed by atoms with E-state index in [9.17, 15) is 0 Å². The van der Waals surface area contributed by atoms with E-state index in [2.05, 4.69) is 63.2 Å². The first-order valence-corrected chi connectivity index (χ1v) is 7.88. The summed E-state index contributed by atoms with van der Waals surface area (Å²) < 4.78 is 0. The Hall–Kier alpha value is -0.860. The number of nitrogens with zero attached hydrogens (tertiary/aromatic N) is 1. The Morgan fingerprint density at radius 3 is 2.35 bits per heavy atom. The minimum absolute atomic E-state index is 0.440. The van der Waals surface area contributed by atoms with Crippen molar-refractivity contribution >= 4 is 0 Å². The lowest BCUT2D eigenvalue weighted by atomic mass is 9.82. The van der Waals surface area contributed by atoms with Gasteiger partial charge in [-0.15, -0.1) is 0 Å². The summed E-state index contributed by atoms with van der Waals surface area (Å²) in [6, 6.07) is 7.30. The fraction of sp³-hybridized carbons (Fsp3) is 0.667. The van der Waals surface area contributed by atoms with Crippen molar-refractivity contribution in [3.63, 3.8) is 0 Å². The Balaban J connectivity index is 2.00. The summed E-state index contributed by atoms with van der Waals surface area (Å²) >= 11 is 0. The van der Waals surface area contributed by atoms with Gasteiger partial charge in [-0.1, -0.05) is 32.0 Å². The molecule has 1 unspecified atom stereocenters. The van der Waals surface area contributed by atoms with Crippen LogP contribution in [0.5, 0.6) is 0 Å². The van der Waals surface area contributed by atoms with E-state index in [0.717, 1.165) is 6.54 Å². The van der Waals surface area contributed by atoms with Crippen molar-refractivity contribution in [2.24, 2.45) is 5.41 Å². The molecule has 0 radical (unpaired) electrons. The SMILES string of the molecule is CNC(CN1CCC(C)(C)CC1)c1ccc(C)c(C)c1. The second-order valence-corrected chi connectivity index (χ2v) is 7.15. The fourth-order valence-corrected chi connectivity index (χ4v) is 2.94. The molecule has 0 saturated carbocycles. The van der Waals surface area contributed by atoms with Crippen LogP contribution in [0.4, 0.5) is 0 Å². The van der Waals surface area contributed by atoms with E-state index in [1.165, 1.54) is 42.6 Å². The first-order valence-electron chi connectivity index (χ1n) is 7.88. The highest BCUT2D eigenvalue weighted by atomic mass is 15.2. The minimum atomic E-state index is 0.440. The van der Waals surface area contributed by atoms with Crippen LogP contribution in [0.25, 0.3) is 0 Å². The van der Waals surface area contributed by atoms with Gasteiger partial charge in [-0.3, -0.25) is 0 Å². The molecule has 112 valence electrons. The van der Waals surface area contributed by atoms with Crippen LogP contribution in [-0.4, -0.2) is 31.6 Å². The molecule has 20 heavy (non-hydrogen) atoms. The second kappa shape index (κ2) is 6.28. The van der Waals surface area contributed by atoms with Crippen LogP contribution in [-0.2, 0) is 0 Å². The lowest BCUT2D eigenvalue weighted by Gasteiger charge is -2.38. The van der Waals surface area contributed by atoms with Crippen LogP contribution in [0, 0.1) is 19.3 Å². The van der Waals surface area contributed by atoms with Crippen molar-refractivity contribution in [3.05, 3.63) is 34.9 Å². The molecule has 1 heterocycles. The molecule has 0 spiro atoms. The highest BCUT2D eigenvalue weighted by molar-refractivity contribution is 5.31. The van der Waals surface area contributed by atoms with E-state index in [-0.39, 0.29) is 0 Å². The molecular weight excluding hydrogens is 244 g/mol. The highest BCUT2D eigenvalue weighted by Crippen LogP contribution is 2.30. The number of piperidine rings is 1. The number of hydrogen-bond acceptors (Lipinski definition) is 2. The second-order valence-electron chi connectivity index (χ2n) is 7.15. The van der Waals surface area contributed by atoms with Crippen molar-refractivity contribution in [1.29, 1.82) is 0 Å². The number of benzene rings is 1. The van der Waals surface area contributed by atoms with Crippen molar-refractivity contribution < 1.29 is 0 Å². The van der Waals surface area contributed by atoms with Gasteiger partial charge in [0.15, 0.2) is 0 Å². The van der Waals surface area contributed by atoms with E-state index in [1.54, 1.807) is 0 Å². The first-order chi connectivity index (χ1) is 9.41. The molecule has 0 bridgehead atoms. The van der Waals surface area contributed by atoms with Gasteiger partial charge < -0.3 is 10.2 Å². The number of hydrogen-bond donors (Lipinski definition) is 1. The van der Waals surface area contributed by atoms with Gasteiger partial charge in [0.1, 0.15) is 0 Å². The summed E-state index contributed by atoms with van der Waals surface area (Å²) in [6.07, 6.45) is 2.63. The molecule has 0 aliphatic carbocycles. The third-order valence-electron chi connectivity index (χ3n) is 4.93. The molecule has 1 aliphatic heterocycles. The molecule has 1 atom stereocenters. The average Bonchev–Trinajstić information content (AvgIpc) is 2.41. The largest absolute Gasteiger partial charge is 0.312 e. The zero-order valence-corrected chi connectivity index (χ0v) is 13.8. The number of aryl methyl sites for hydroxylation is 2. The van der Waals surface area contributed by atoms with Gasteiger partial charge in [-0.05, 0) is 68.9 Å². The van der Waals surface area contributed by atoms with E-state index in [1.807, 2.05) is 0 Å². The topological polar surface area (TPSA) is 15.3 Å². The van der Waals surface area contributed by atoms with Gasteiger partial charge in [0.25, 0.3) is 0 Å². The Morgan fingerprint density at radius 1 is 1.15 bits per heavy atom. The quantitative estimate of drug-likeness (QED) is 0.901. The predicted molar refractivity (Wildman–Crippen MR) is 87.2 cm³/mol. The minimum Gasteiger partial charge on any atom is -0.312 e. The number of rotatable bonds is 4. The standard InChI is InChI=1S/C18H30N2/c1-14-6-7-16(12-15(14)2)17(19-5)13-20-10-8-18(3,4)9-11-20/h6-7,12,17,19H,8-11,13H2,1-5H3. The molecule has 2 nitrogen and oxygen atoms in total. The van der Waals surface area contributed by atoms with Crippen molar-refractivity contribution in [3.8, 4) is 0 Å². The molecule has 1 fully saturated rings. The van der Waals surface area contributed by atoms with E-state index in [0.29, 0.717) is 11.5 Å². The Kier molecular flexibility index (Phi) is 4.87. The maximum absolute atomic E-state index is 3.49. The molecule has 1 aromatic rings. The fourth-order valence-electron chi connectivity index (χ4n) is 2.94.